The standard InChI is InChI=1S/C13H18ClF2NO2/c1-18-7-3-2-6-17-9-10-8-11(14)4-5-12(10)19-13(15)16/h4-5,8,13,17H,2-3,6-7,9H2,1H3. The molecule has 0 aliphatic carbocycles. The molecule has 1 N–H and O–H groups in total. The van der Waals surface area contributed by atoms with Crippen molar-refractivity contribution in [3.63, 3.8) is 0 Å². The second-order valence-corrected chi connectivity index (χ2v) is 4.44. The van der Waals surface area contributed by atoms with Gasteiger partial charge in [-0.3, -0.25) is 0 Å². The van der Waals surface area contributed by atoms with E-state index in [-0.39, 0.29) is 5.75 Å². The Morgan fingerprint density at radius 3 is 2.79 bits per heavy atom. The normalized spacial score (nSPS) is 11.0. The number of rotatable bonds is 9. The van der Waals surface area contributed by atoms with Crippen molar-refractivity contribution in [1.29, 1.82) is 0 Å². The zero-order valence-electron chi connectivity index (χ0n) is 10.8. The lowest BCUT2D eigenvalue weighted by Gasteiger charge is -2.12. The molecular weight excluding hydrogens is 276 g/mol. The molecule has 0 unspecified atom stereocenters. The summed E-state index contributed by atoms with van der Waals surface area (Å²) >= 11 is 5.85. The van der Waals surface area contributed by atoms with Crippen LogP contribution in [0.15, 0.2) is 18.2 Å². The van der Waals surface area contributed by atoms with Gasteiger partial charge in [-0.25, -0.2) is 0 Å². The van der Waals surface area contributed by atoms with Gasteiger partial charge in [-0.05, 0) is 37.6 Å². The molecule has 0 saturated carbocycles. The number of hydrogen-bond acceptors (Lipinski definition) is 3. The van der Waals surface area contributed by atoms with Crippen LogP contribution in [-0.4, -0.2) is 26.9 Å². The van der Waals surface area contributed by atoms with Crippen molar-refractivity contribution < 1.29 is 18.3 Å². The van der Waals surface area contributed by atoms with Crippen molar-refractivity contribution in [1.82, 2.24) is 5.32 Å². The van der Waals surface area contributed by atoms with Gasteiger partial charge in [0.25, 0.3) is 0 Å². The van der Waals surface area contributed by atoms with E-state index >= 15 is 0 Å². The summed E-state index contributed by atoms with van der Waals surface area (Å²) in [6.45, 7) is -0.889. The smallest absolute Gasteiger partial charge is 0.387 e. The molecule has 6 heteroatoms. The largest absolute Gasteiger partial charge is 0.434 e. The van der Waals surface area contributed by atoms with Crippen molar-refractivity contribution in [2.45, 2.75) is 26.0 Å². The molecular formula is C13H18ClF2NO2. The minimum Gasteiger partial charge on any atom is -0.434 e. The molecule has 1 aromatic carbocycles. The zero-order chi connectivity index (χ0) is 14.1. The second-order valence-electron chi connectivity index (χ2n) is 4.01. The highest BCUT2D eigenvalue weighted by atomic mass is 35.5. The third-order valence-corrected chi connectivity index (χ3v) is 2.74. The first-order valence-corrected chi connectivity index (χ1v) is 6.44. The van der Waals surface area contributed by atoms with E-state index in [0.717, 1.165) is 26.0 Å². The molecule has 19 heavy (non-hydrogen) atoms. The van der Waals surface area contributed by atoms with Crippen LogP contribution < -0.4 is 10.1 Å². The Morgan fingerprint density at radius 2 is 2.11 bits per heavy atom. The highest BCUT2D eigenvalue weighted by Crippen LogP contribution is 2.24. The van der Waals surface area contributed by atoms with Gasteiger partial charge in [0.15, 0.2) is 0 Å². The van der Waals surface area contributed by atoms with E-state index in [1.54, 1.807) is 13.2 Å². The van der Waals surface area contributed by atoms with Gasteiger partial charge in [-0.15, -0.1) is 0 Å². The van der Waals surface area contributed by atoms with E-state index < -0.39 is 6.61 Å². The lowest BCUT2D eigenvalue weighted by Crippen LogP contribution is -2.16. The van der Waals surface area contributed by atoms with E-state index in [1.165, 1.54) is 12.1 Å². The number of hydrogen-bond donors (Lipinski definition) is 1. The molecule has 0 spiro atoms. The van der Waals surface area contributed by atoms with E-state index in [4.69, 9.17) is 16.3 Å². The Morgan fingerprint density at radius 1 is 1.32 bits per heavy atom. The Bertz CT molecular complexity index is 378. The van der Waals surface area contributed by atoms with Crippen LogP contribution in [0.25, 0.3) is 0 Å². The maximum absolute atomic E-state index is 12.2. The Balaban J connectivity index is 2.44. The maximum Gasteiger partial charge on any atom is 0.387 e. The third kappa shape index (κ3) is 6.71. The van der Waals surface area contributed by atoms with Gasteiger partial charge in [0, 0.05) is 30.8 Å². The molecule has 0 atom stereocenters. The lowest BCUT2D eigenvalue weighted by molar-refractivity contribution is -0.0504. The highest BCUT2D eigenvalue weighted by Gasteiger charge is 2.09. The monoisotopic (exact) mass is 293 g/mol. The summed E-state index contributed by atoms with van der Waals surface area (Å²) in [5, 5.41) is 3.66. The molecule has 0 fully saturated rings. The van der Waals surface area contributed by atoms with Crippen molar-refractivity contribution in [2.24, 2.45) is 0 Å². The van der Waals surface area contributed by atoms with Crippen molar-refractivity contribution in [2.75, 3.05) is 20.3 Å². The summed E-state index contributed by atoms with van der Waals surface area (Å²) in [7, 11) is 1.66. The number of benzene rings is 1. The van der Waals surface area contributed by atoms with E-state index in [9.17, 15) is 8.78 Å². The molecule has 0 aromatic heterocycles. The number of nitrogens with one attached hydrogen (secondary N) is 1. The van der Waals surface area contributed by atoms with Gasteiger partial charge < -0.3 is 14.8 Å². The zero-order valence-corrected chi connectivity index (χ0v) is 11.6. The fourth-order valence-electron chi connectivity index (χ4n) is 1.62. The first-order valence-electron chi connectivity index (χ1n) is 6.06. The third-order valence-electron chi connectivity index (χ3n) is 2.51. The predicted octanol–water partition coefficient (Wildman–Crippen LogP) is 3.46. The summed E-state index contributed by atoms with van der Waals surface area (Å²) in [5.41, 5.74) is 0.625. The summed E-state index contributed by atoms with van der Waals surface area (Å²) < 4.78 is 33.9. The predicted molar refractivity (Wildman–Crippen MR) is 70.9 cm³/mol. The molecule has 1 aromatic rings. The molecule has 0 heterocycles. The molecule has 0 bridgehead atoms. The van der Waals surface area contributed by atoms with Crippen LogP contribution in [0.5, 0.6) is 5.75 Å². The highest BCUT2D eigenvalue weighted by molar-refractivity contribution is 6.30. The average Bonchev–Trinajstić information content (AvgIpc) is 2.36. The molecule has 3 nitrogen and oxygen atoms in total. The topological polar surface area (TPSA) is 30.5 Å². The minimum absolute atomic E-state index is 0.156. The van der Waals surface area contributed by atoms with Crippen LogP contribution in [0.2, 0.25) is 5.02 Å². The fraction of sp³-hybridized carbons (Fsp3) is 0.538. The van der Waals surface area contributed by atoms with Gasteiger partial charge in [-0.2, -0.15) is 8.78 Å². The number of halogens is 3. The number of ether oxygens (including phenoxy) is 2. The van der Waals surface area contributed by atoms with Crippen LogP contribution >= 0.6 is 11.6 Å². The summed E-state index contributed by atoms with van der Waals surface area (Å²) in [5.74, 6) is 0.156. The molecule has 0 radical (unpaired) electrons. The summed E-state index contributed by atoms with van der Waals surface area (Å²) in [6.07, 6.45) is 1.92. The number of methoxy groups -OCH3 is 1. The van der Waals surface area contributed by atoms with Crippen molar-refractivity contribution in [3.05, 3.63) is 28.8 Å². The average molecular weight is 294 g/mol. The first kappa shape index (κ1) is 16.1. The minimum atomic E-state index is -2.83. The van der Waals surface area contributed by atoms with E-state index in [0.29, 0.717) is 17.1 Å². The molecule has 0 aliphatic rings. The Kier molecular flexibility index (Phi) is 7.70. The second kappa shape index (κ2) is 9.07. The Labute approximate surface area is 116 Å². The summed E-state index contributed by atoms with van der Waals surface area (Å²) in [4.78, 5) is 0. The fourth-order valence-corrected chi connectivity index (χ4v) is 1.81. The van der Waals surface area contributed by atoms with Gasteiger partial charge in [0.1, 0.15) is 5.75 Å². The van der Waals surface area contributed by atoms with E-state index in [2.05, 4.69) is 10.1 Å². The van der Waals surface area contributed by atoms with Gasteiger partial charge >= 0.3 is 6.61 Å². The lowest BCUT2D eigenvalue weighted by atomic mass is 10.2. The SMILES string of the molecule is COCCCCNCc1cc(Cl)ccc1OC(F)F. The first-order chi connectivity index (χ1) is 9.13. The Hall–Kier alpha value is -0.910. The van der Waals surface area contributed by atoms with Crippen LogP contribution in [0.1, 0.15) is 18.4 Å². The van der Waals surface area contributed by atoms with Gasteiger partial charge in [0.05, 0.1) is 0 Å². The summed E-state index contributed by atoms with van der Waals surface area (Å²) in [6, 6.07) is 4.61. The molecule has 108 valence electrons. The molecule has 0 aliphatic heterocycles. The molecule has 0 saturated heterocycles. The van der Waals surface area contributed by atoms with Crippen LogP contribution in [0, 0.1) is 0 Å². The maximum atomic E-state index is 12.2. The van der Waals surface area contributed by atoms with Crippen molar-refractivity contribution >= 4 is 11.6 Å². The van der Waals surface area contributed by atoms with Gasteiger partial charge in [-0.1, -0.05) is 11.6 Å². The molecule has 1 rings (SSSR count). The van der Waals surface area contributed by atoms with Gasteiger partial charge in [0.2, 0.25) is 0 Å². The number of unbranched alkanes of at least 4 members (excludes halogenated alkanes) is 1. The van der Waals surface area contributed by atoms with Crippen LogP contribution in [0.3, 0.4) is 0 Å². The number of alkyl halides is 2. The quantitative estimate of drug-likeness (QED) is 0.707. The molecule has 0 amide bonds. The van der Waals surface area contributed by atoms with Crippen LogP contribution in [0.4, 0.5) is 8.78 Å². The van der Waals surface area contributed by atoms with E-state index in [1.807, 2.05) is 0 Å². The van der Waals surface area contributed by atoms with Crippen LogP contribution in [-0.2, 0) is 11.3 Å². The van der Waals surface area contributed by atoms with Crippen molar-refractivity contribution in [3.8, 4) is 5.75 Å².